The van der Waals surface area contributed by atoms with Gasteiger partial charge in [0.05, 0.1) is 17.8 Å². The number of methoxy groups -OCH3 is 1. The molecular weight excluding hydrogens is 274 g/mol. The summed E-state index contributed by atoms with van der Waals surface area (Å²) in [5.41, 5.74) is 11.3. The van der Waals surface area contributed by atoms with Gasteiger partial charge in [0.15, 0.2) is 0 Å². The molecular formula is C15H18ClN3O. The van der Waals surface area contributed by atoms with E-state index in [1.54, 1.807) is 7.11 Å². The Morgan fingerprint density at radius 3 is 2.60 bits per heavy atom. The molecule has 3 rings (SSSR count). The fourth-order valence-electron chi connectivity index (χ4n) is 3.11. The van der Waals surface area contributed by atoms with Gasteiger partial charge in [0.25, 0.3) is 0 Å². The van der Waals surface area contributed by atoms with Gasteiger partial charge in [-0.1, -0.05) is 11.6 Å². The molecule has 0 aliphatic heterocycles. The van der Waals surface area contributed by atoms with Crippen LogP contribution < -0.4 is 10.5 Å². The highest BCUT2D eigenvalue weighted by Crippen LogP contribution is 2.45. The summed E-state index contributed by atoms with van der Waals surface area (Å²) in [7, 11) is 1.65. The molecule has 1 heterocycles. The average Bonchev–Trinajstić information content (AvgIpc) is 2.88. The molecule has 106 valence electrons. The minimum absolute atomic E-state index is 0.468. The lowest BCUT2D eigenvalue weighted by Gasteiger charge is -2.24. The third kappa shape index (κ3) is 1.95. The molecule has 0 amide bonds. The number of benzene rings is 1. The molecule has 4 nitrogen and oxygen atoms in total. The lowest BCUT2D eigenvalue weighted by atomic mass is 9.85. The number of nitrogens with two attached hydrogens (primary N) is 1. The van der Waals surface area contributed by atoms with Crippen molar-refractivity contribution in [2.75, 3.05) is 12.8 Å². The molecule has 0 saturated carbocycles. The molecule has 1 aliphatic rings. The number of aromatic nitrogens is 2. The summed E-state index contributed by atoms with van der Waals surface area (Å²) in [6, 6.07) is 1.82. The topological polar surface area (TPSA) is 63.9 Å². The van der Waals surface area contributed by atoms with E-state index < -0.39 is 0 Å². The van der Waals surface area contributed by atoms with Crippen molar-refractivity contribution in [2.24, 2.45) is 0 Å². The summed E-state index contributed by atoms with van der Waals surface area (Å²) in [6.45, 7) is 2.12. The van der Waals surface area contributed by atoms with Gasteiger partial charge in [-0.05, 0) is 49.3 Å². The predicted octanol–water partition coefficient (Wildman–Crippen LogP) is 3.51. The molecule has 0 fully saturated rings. The molecule has 20 heavy (non-hydrogen) atoms. The van der Waals surface area contributed by atoms with Crippen molar-refractivity contribution in [3.05, 3.63) is 27.8 Å². The van der Waals surface area contributed by atoms with Crippen LogP contribution in [-0.4, -0.2) is 17.3 Å². The highest BCUT2D eigenvalue weighted by Gasteiger charge is 2.24. The number of hydrogen-bond donors (Lipinski definition) is 2. The molecule has 1 aromatic heterocycles. The van der Waals surface area contributed by atoms with Crippen molar-refractivity contribution in [1.82, 2.24) is 10.2 Å². The Balaban J connectivity index is 2.30. The van der Waals surface area contributed by atoms with Crippen LogP contribution in [0.2, 0.25) is 5.02 Å². The van der Waals surface area contributed by atoms with Crippen LogP contribution in [0.15, 0.2) is 6.07 Å². The fourth-order valence-corrected chi connectivity index (χ4v) is 3.49. The molecule has 0 atom stereocenters. The number of H-pyrrole nitrogens is 1. The first kappa shape index (κ1) is 13.3. The van der Waals surface area contributed by atoms with E-state index in [1.807, 2.05) is 6.07 Å². The highest BCUT2D eigenvalue weighted by molar-refractivity contribution is 6.33. The molecule has 0 unspecified atom stereocenters. The number of halogens is 1. The van der Waals surface area contributed by atoms with Crippen molar-refractivity contribution >= 4 is 17.4 Å². The molecule has 0 radical (unpaired) electrons. The van der Waals surface area contributed by atoms with E-state index in [0.717, 1.165) is 29.1 Å². The van der Waals surface area contributed by atoms with Gasteiger partial charge < -0.3 is 10.5 Å². The first-order valence-corrected chi connectivity index (χ1v) is 7.20. The summed E-state index contributed by atoms with van der Waals surface area (Å²) in [5.74, 6) is 1.18. The lowest BCUT2D eigenvalue weighted by molar-refractivity contribution is 0.415. The van der Waals surface area contributed by atoms with Crippen molar-refractivity contribution in [3.8, 4) is 17.0 Å². The van der Waals surface area contributed by atoms with E-state index in [4.69, 9.17) is 22.1 Å². The van der Waals surface area contributed by atoms with E-state index >= 15 is 0 Å². The molecule has 2 aromatic rings. The van der Waals surface area contributed by atoms with Gasteiger partial charge in [-0.3, -0.25) is 5.10 Å². The number of fused-ring (bicyclic) bond motifs is 1. The molecule has 5 heteroatoms. The molecule has 0 spiro atoms. The second-order valence-electron chi connectivity index (χ2n) is 5.22. The maximum absolute atomic E-state index is 6.57. The molecule has 0 bridgehead atoms. The van der Waals surface area contributed by atoms with Gasteiger partial charge in [0.1, 0.15) is 11.6 Å². The standard InChI is InChI=1S/C15H18ClN3O/c1-8-9-5-3-4-6-10(9)14(16)15(20-2)13(8)11-7-12(17)19-18-11/h7H,3-6H2,1-2H3,(H3,17,18,19). The minimum Gasteiger partial charge on any atom is -0.494 e. The Morgan fingerprint density at radius 1 is 1.30 bits per heavy atom. The Labute approximate surface area is 123 Å². The predicted molar refractivity (Wildman–Crippen MR) is 81.4 cm³/mol. The quantitative estimate of drug-likeness (QED) is 0.890. The Morgan fingerprint density at radius 2 is 2.00 bits per heavy atom. The number of hydrogen-bond acceptors (Lipinski definition) is 3. The van der Waals surface area contributed by atoms with Gasteiger partial charge in [-0.15, -0.1) is 0 Å². The zero-order valence-electron chi connectivity index (χ0n) is 11.7. The van der Waals surface area contributed by atoms with Crippen LogP contribution in [-0.2, 0) is 12.8 Å². The maximum atomic E-state index is 6.57. The smallest absolute Gasteiger partial charge is 0.147 e. The number of ether oxygens (including phenoxy) is 1. The van der Waals surface area contributed by atoms with Crippen LogP contribution in [0.5, 0.6) is 5.75 Å². The lowest BCUT2D eigenvalue weighted by Crippen LogP contribution is -2.09. The second kappa shape index (κ2) is 5.02. The van der Waals surface area contributed by atoms with Gasteiger partial charge in [0.2, 0.25) is 0 Å². The Bertz CT molecular complexity index is 664. The van der Waals surface area contributed by atoms with Crippen LogP contribution in [0.25, 0.3) is 11.3 Å². The normalized spacial score (nSPS) is 14.2. The molecule has 1 aliphatic carbocycles. The second-order valence-corrected chi connectivity index (χ2v) is 5.60. The van der Waals surface area contributed by atoms with Crippen molar-refractivity contribution < 1.29 is 4.74 Å². The number of rotatable bonds is 2. The minimum atomic E-state index is 0.468. The van der Waals surface area contributed by atoms with Crippen LogP contribution in [0, 0.1) is 6.92 Å². The zero-order chi connectivity index (χ0) is 14.3. The Kier molecular flexibility index (Phi) is 3.34. The van der Waals surface area contributed by atoms with E-state index in [0.29, 0.717) is 11.6 Å². The van der Waals surface area contributed by atoms with E-state index in [-0.39, 0.29) is 0 Å². The number of nitrogens with zero attached hydrogens (tertiary/aromatic N) is 1. The third-order valence-electron chi connectivity index (χ3n) is 4.06. The average molecular weight is 292 g/mol. The Hall–Kier alpha value is -1.68. The highest BCUT2D eigenvalue weighted by atomic mass is 35.5. The van der Waals surface area contributed by atoms with Gasteiger partial charge in [0, 0.05) is 11.6 Å². The van der Waals surface area contributed by atoms with Crippen LogP contribution in [0.4, 0.5) is 5.82 Å². The summed E-state index contributed by atoms with van der Waals surface area (Å²) >= 11 is 6.57. The SMILES string of the molecule is COc1c(Cl)c2c(c(C)c1-c1cc(N)n[nH]1)CCCC2. The number of nitrogens with one attached hydrogen (secondary N) is 1. The van der Waals surface area contributed by atoms with E-state index in [1.165, 1.54) is 29.5 Å². The van der Waals surface area contributed by atoms with Gasteiger partial charge in [-0.2, -0.15) is 5.10 Å². The first-order chi connectivity index (χ1) is 9.63. The van der Waals surface area contributed by atoms with Crippen molar-refractivity contribution in [3.63, 3.8) is 0 Å². The fraction of sp³-hybridized carbons (Fsp3) is 0.400. The monoisotopic (exact) mass is 291 g/mol. The molecule has 0 saturated heterocycles. The van der Waals surface area contributed by atoms with Crippen LogP contribution in [0.3, 0.4) is 0 Å². The number of aromatic amines is 1. The molecule has 1 aromatic carbocycles. The van der Waals surface area contributed by atoms with Gasteiger partial charge in [-0.25, -0.2) is 0 Å². The third-order valence-corrected chi connectivity index (χ3v) is 4.46. The van der Waals surface area contributed by atoms with Gasteiger partial charge >= 0.3 is 0 Å². The number of anilines is 1. The number of nitrogen functional groups attached to an aromatic ring is 1. The van der Waals surface area contributed by atoms with Crippen LogP contribution in [0.1, 0.15) is 29.5 Å². The first-order valence-electron chi connectivity index (χ1n) is 6.82. The summed E-state index contributed by atoms with van der Waals surface area (Å²) < 4.78 is 5.57. The van der Waals surface area contributed by atoms with Crippen LogP contribution >= 0.6 is 11.6 Å². The van der Waals surface area contributed by atoms with Crippen molar-refractivity contribution in [2.45, 2.75) is 32.6 Å². The molecule has 3 N–H and O–H groups in total. The largest absolute Gasteiger partial charge is 0.494 e. The maximum Gasteiger partial charge on any atom is 0.147 e. The van der Waals surface area contributed by atoms with E-state index in [9.17, 15) is 0 Å². The zero-order valence-corrected chi connectivity index (χ0v) is 12.5. The van der Waals surface area contributed by atoms with Crippen molar-refractivity contribution in [1.29, 1.82) is 0 Å². The summed E-state index contributed by atoms with van der Waals surface area (Å²) in [4.78, 5) is 0. The summed E-state index contributed by atoms with van der Waals surface area (Å²) in [5, 5.41) is 7.70. The summed E-state index contributed by atoms with van der Waals surface area (Å²) in [6.07, 6.45) is 4.49. The van der Waals surface area contributed by atoms with E-state index in [2.05, 4.69) is 17.1 Å².